The van der Waals surface area contributed by atoms with E-state index >= 15 is 0 Å². The van der Waals surface area contributed by atoms with E-state index < -0.39 is 0 Å². The Morgan fingerprint density at radius 1 is 1.08 bits per heavy atom. The van der Waals surface area contributed by atoms with E-state index in [0.29, 0.717) is 24.7 Å². The van der Waals surface area contributed by atoms with Gasteiger partial charge in [-0.3, -0.25) is 4.79 Å². The third-order valence-electron chi connectivity index (χ3n) is 4.19. The van der Waals surface area contributed by atoms with Crippen LogP contribution in [0.2, 0.25) is 5.02 Å². The van der Waals surface area contributed by atoms with Crippen molar-refractivity contribution in [1.82, 2.24) is 5.32 Å². The molecule has 1 N–H and O–H groups in total. The van der Waals surface area contributed by atoms with Gasteiger partial charge in [-0.15, -0.1) is 0 Å². The zero-order chi connectivity index (χ0) is 17.8. The summed E-state index contributed by atoms with van der Waals surface area (Å²) in [6.07, 6.45) is 0.324. The first kappa shape index (κ1) is 17.6. The SMILES string of the molecule is CC(C)[C@@H](NC(=O)Cc1ccc(Cl)cc1)c1ccc2c(c1)OCCO2. The van der Waals surface area contributed by atoms with Gasteiger partial charge in [0.2, 0.25) is 5.91 Å². The van der Waals surface area contributed by atoms with Crippen LogP contribution in [0.1, 0.15) is 31.0 Å². The Morgan fingerprint density at radius 3 is 2.44 bits per heavy atom. The number of hydrogen-bond acceptors (Lipinski definition) is 3. The highest BCUT2D eigenvalue weighted by Gasteiger charge is 2.21. The Morgan fingerprint density at radius 2 is 1.76 bits per heavy atom. The number of rotatable bonds is 5. The standard InChI is InChI=1S/C20H22ClNO3/c1-13(2)20(15-5-8-17-18(12-15)25-10-9-24-17)22-19(23)11-14-3-6-16(21)7-4-14/h3-8,12-13,20H,9-11H2,1-2H3,(H,22,23)/t20-/m1/s1. The molecule has 132 valence electrons. The lowest BCUT2D eigenvalue weighted by Gasteiger charge is -2.25. The normalized spacial score (nSPS) is 14.2. The first-order chi connectivity index (χ1) is 12.0. The molecule has 25 heavy (non-hydrogen) atoms. The first-order valence-electron chi connectivity index (χ1n) is 8.46. The molecular formula is C20H22ClNO3. The van der Waals surface area contributed by atoms with Crippen molar-refractivity contribution in [2.75, 3.05) is 13.2 Å². The lowest BCUT2D eigenvalue weighted by Crippen LogP contribution is -2.33. The fraction of sp³-hybridized carbons (Fsp3) is 0.350. The van der Waals surface area contributed by atoms with Crippen molar-refractivity contribution < 1.29 is 14.3 Å². The summed E-state index contributed by atoms with van der Waals surface area (Å²) in [7, 11) is 0. The number of benzene rings is 2. The Balaban J connectivity index is 1.72. The van der Waals surface area contributed by atoms with Crippen LogP contribution in [0.15, 0.2) is 42.5 Å². The Labute approximate surface area is 153 Å². The maximum Gasteiger partial charge on any atom is 0.224 e. The van der Waals surface area contributed by atoms with E-state index in [4.69, 9.17) is 21.1 Å². The second-order valence-electron chi connectivity index (χ2n) is 6.50. The molecule has 5 heteroatoms. The molecule has 0 radical (unpaired) electrons. The van der Waals surface area contributed by atoms with Crippen molar-refractivity contribution in [2.24, 2.45) is 5.92 Å². The zero-order valence-corrected chi connectivity index (χ0v) is 15.2. The van der Waals surface area contributed by atoms with Crippen LogP contribution in [0.4, 0.5) is 0 Å². The number of halogens is 1. The Kier molecular flexibility index (Phi) is 5.49. The van der Waals surface area contributed by atoms with Gasteiger partial charge in [-0.1, -0.05) is 43.6 Å². The zero-order valence-electron chi connectivity index (χ0n) is 14.4. The molecule has 1 atom stereocenters. The number of carbonyl (C=O) groups is 1. The minimum absolute atomic E-state index is 0.0177. The van der Waals surface area contributed by atoms with Gasteiger partial charge in [-0.05, 0) is 41.3 Å². The molecule has 0 aliphatic carbocycles. The molecule has 1 aliphatic heterocycles. The van der Waals surface area contributed by atoms with E-state index in [1.807, 2.05) is 30.3 Å². The smallest absolute Gasteiger partial charge is 0.224 e. The van der Waals surface area contributed by atoms with Crippen LogP contribution in [0.5, 0.6) is 11.5 Å². The number of fused-ring (bicyclic) bond motifs is 1. The van der Waals surface area contributed by atoms with Crippen molar-refractivity contribution in [3.8, 4) is 11.5 Å². The maximum absolute atomic E-state index is 12.5. The molecule has 1 aliphatic rings. The van der Waals surface area contributed by atoms with Crippen molar-refractivity contribution >= 4 is 17.5 Å². The van der Waals surface area contributed by atoms with E-state index in [1.54, 1.807) is 12.1 Å². The van der Waals surface area contributed by atoms with Gasteiger partial charge in [-0.25, -0.2) is 0 Å². The van der Waals surface area contributed by atoms with Crippen LogP contribution in [0.25, 0.3) is 0 Å². The van der Waals surface area contributed by atoms with Crippen LogP contribution in [-0.2, 0) is 11.2 Å². The van der Waals surface area contributed by atoms with E-state index in [-0.39, 0.29) is 17.9 Å². The van der Waals surface area contributed by atoms with Gasteiger partial charge in [0.15, 0.2) is 11.5 Å². The van der Waals surface area contributed by atoms with Crippen molar-refractivity contribution in [2.45, 2.75) is 26.3 Å². The largest absolute Gasteiger partial charge is 0.486 e. The fourth-order valence-electron chi connectivity index (χ4n) is 2.90. The third-order valence-corrected chi connectivity index (χ3v) is 4.44. The van der Waals surface area contributed by atoms with Crippen LogP contribution in [0, 0.1) is 5.92 Å². The summed E-state index contributed by atoms with van der Waals surface area (Å²) in [5.74, 6) is 1.72. The number of carbonyl (C=O) groups excluding carboxylic acids is 1. The van der Waals surface area contributed by atoms with Crippen LogP contribution in [0.3, 0.4) is 0 Å². The number of ether oxygens (including phenoxy) is 2. The minimum Gasteiger partial charge on any atom is -0.486 e. The highest BCUT2D eigenvalue weighted by atomic mass is 35.5. The molecule has 0 fully saturated rings. The van der Waals surface area contributed by atoms with Crippen LogP contribution >= 0.6 is 11.6 Å². The molecule has 0 aromatic heterocycles. The third kappa shape index (κ3) is 4.45. The first-order valence-corrected chi connectivity index (χ1v) is 8.84. The lowest BCUT2D eigenvalue weighted by molar-refractivity contribution is -0.121. The minimum atomic E-state index is -0.0874. The lowest BCUT2D eigenvalue weighted by atomic mass is 9.95. The summed E-state index contributed by atoms with van der Waals surface area (Å²) < 4.78 is 11.2. The van der Waals surface area contributed by atoms with E-state index in [0.717, 1.165) is 22.6 Å². The molecule has 0 saturated heterocycles. The predicted octanol–water partition coefficient (Wildman–Crippen LogP) is 4.17. The molecule has 0 bridgehead atoms. The van der Waals surface area contributed by atoms with Gasteiger partial charge in [0, 0.05) is 5.02 Å². The molecule has 0 saturated carbocycles. The van der Waals surface area contributed by atoms with Gasteiger partial charge < -0.3 is 14.8 Å². The summed E-state index contributed by atoms with van der Waals surface area (Å²) in [6.45, 7) is 5.29. The summed E-state index contributed by atoms with van der Waals surface area (Å²) in [4.78, 5) is 12.5. The average molecular weight is 360 g/mol. The molecule has 1 heterocycles. The molecule has 4 nitrogen and oxygen atoms in total. The van der Waals surface area contributed by atoms with Gasteiger partial charge in [0.25, 0.3) is 0 Å². The van der Waals surface area contributed by atoms with Crippen LogP contribution < -0.4 is 14.8 Å². The quantitative estimate of drug-likeness (QED) is 0.871. The molecule has 0 unspecified atom stereocenters. The maximum atomic E-state index is 12.5. The number of hydrogen-bond donors (Lipinski definition) is 1. The molecule has 0 spiro atoms. The van der Waals surface area contributed by atoms with Crippen LogP contribution in [-0.4, -0.2) is 19.1 Å². The van der Waals surface area contributed by atoms with E-state index in [9.17, 15) is 4.79 Å². The Bertz CT molecular complexity index is 743. The molecule has 3 rings (SSSR count). The summed E-state index contributed by atoms with van der Waals surface area (Å²) in [5.41, 5.74) is 1.95. The van der Waals surface area contributed by atoms with E-state index in [2.05, 4.69) is 19.2 Å². The highest BCUT2D eigenvalue weighted by Crippen LogP contribution is 2.34. The summed E-state index contributed by atoms with van der Waals surface area (Å²) in [5, 5.41) is 3.80. The summed E-state index contributed by atoms with van der Waals surface area (Å²) in [6, 6.07) is 13.1. The second-order valence-corrected chi connectivity index (χ2v) is 6.93. The van der Waals surface area contributed by atoms with Gasteiger partial charge in [-0.2, -0.15) is 0 Å². The van der Waals surface area contributed by atoms with Gasteiger partial charge in [0.05, 0.1) is 12.5 Å². The fourth-order valence-corrected chi connectivity index (χ4v) is 3.03. The summed E-state index contributed by atoms with van der Waals surface area (Å²) >= 11 is 5.89. The average Bonchev–Trinajstić information content (AvgIpc) is 2.61. The number of amides is 1. The topological polar surface area (TPSA) is 47.6 Å². The molecular weight excluding hydrogens is 338 g/mol. The van der Waals surface area contributed by atoms with Crippen molar-refractivity contribution in [3.63, 3.8) is 0 Å². The highest BCUT2D eigenvalue weighted by molar-refractivity contribution is 6.30. The molecule has 2 aromatic rings. The molecule has 2 aromatic carbocycles. The monoisotopic (exact) mass is 359 g/mol. The second kappa shape index (κ2) is 7.79. The van der Waals surface area contributed by atoms with Crippen molar-refractivity contribution in [1.29, 1.82) is 0 Å². The van der Waals surface area contributed by atoms with E-state index in [1.165, 1.54) is 0 Å². The number of nitrogens with one attached hydrogen (secondary N) is 1. The molecule has 1 amide bonds. The predicted molar refractivity (Wildman–Crippen MR) is 98.3 cm³/mol. The Hall–Kier alpha value is -2.20. The van der Waals surface area contributed by atoms with Crippen molar-refractivity contribution in [3.05, 3.63) is 58.6 Å². The van der Waals surface area contributed by atoms with Gasteiger partial charge >= 0.3 is 0 Å². The van der Waals surface area contributed by atoms with Gasteiger partial charge in [0.1, 0.15) is 13.2 Å².